The number of nitrogens with zero attached hydrogens (tertiary/aromatic N) is 1. The number of rotatable bonds is 2. The molecule has 143 valence electrons. The van der Waals surface area contributed by atoms with Crippen LogP contribution in [0.1, 0.15) is 30.5 Å². The molecular formula is C23H24IrNO2-. The molecule has 0 aliphatic heterocycles. The third kappa shape index (κ3) is 6.74. The first-order valence-electron chi connectivity index (χ1n) is 8.51. The van der Waals surface area contributed by atoms with Gasteiger partial charge in [-0.3, -0.25) is 9.78 Å². The standard InChI is InChI=1S/C18H16N.C5H8O2.Ir/c1-12-4-6-15-8-9-17(19-18(15)10-12)16-7-5-13(2)14(3)11-16;1-4(6)3-5(2)7;/h4-6,8-11H,1-3H3;3,6H,1-2H3;/q-1;;/b;4-3-;. The number of aryl methyl sites for hydroxylation is 3. The summed E-state index contributed by atoms with van der Waals surface area (Å²) in [6.45, 7) is 9.17. The summed E-state index contributed by atoms with van der Waals surface area (Å²) >= 11 is 0. The predicted molar refractivity (Wildman–Crippen MR) is 107 cm³/mol. The molecule has 1 N–H and O–H groups in total. The van der Waals surface area contributed by atoms with Gasteiger partial charge >= 0.3 is 0 Å². The van der Waals surface area contributed by atoms with Crippen molar-refractivity contribution in [2.75, 3.05) is 0 Å². The van der Waals surface area contributed by atoms with Gasteiger partial charge in [-0.2, -0.15) is 0 Å². The van der Waals surface area contributed by atoms with Crippen molar-refractivity contribution in [1.29, 1.82) is 0 Å². The third-order valence-corrected chi connectivity index (χ3v) is 3.96. The van der Waals surface area contributed by atoms with Crippen LogP contribution in [-0.4, -0.2) is 15.9 Å². The molecule has 0 saturated carbocycles. The molecule has 0 unspecified atom stereocenters. The Morgan fingerprint density at radius 3 is 2.26 bits per heavy atom. The Hall–Kier alpha value is -2.29. The van der Waals surface area contributed by atoms with Gasteiger partial charge in [0.05, 0.1) is 11.3 Å². The Bertz CT molecular complexity index is 973. The van der Waals surface area contributed by atoms with Gasteiger partial charge in [-0.1, -0.05) is 38.1 Å². The normalized spacial score (nSPS) is 10.6. The first-order chi connectivity index (χ1) is 12.3. The molecule has 0 spiro atoms. The second-order valence-corrected chi connectivity index (χ2v) is 6.50. The summed E-state index contributed by atoms with van der Waals surface area (Å²) in [6, 6.07) is 18.0. The first kappa shape index (κ1) is 22.7. The molecule has 4 heteroatoms. The maximum Gasteiger partial charge on any atom is 0.155 e. The van der Waals surface area contributed by atoms with E-state index in [0.717, 1.165) is 16.8 Å². The van der Waals surface area contributed by atoms with Crippen LogP contribution >= 0.6 is 0 Å². The minimum Gasteiger partial charge on any atom is -0.512 e. The summed E-state index contributed by atoms with van der Waals surface area (Å²) in [5, 5.41) is 9.54. The minimum atomic E-state index is -0.125. The fourth-order valence-electron chi connectivity index (χ4n) is 2.49. The number of benzene rings is 2. The molecule has 27 heavy (non-hydrogen) atoms. The van der Waals surface area contributed by atoms with Crippen LogP contribution < -0.4 is 0 Å². The zero-order chi connectivity index (χ0) is 19.3. The minimum absolute atomic E-state index is 0. The van der Waals surface area contributed by atoms with Gasteiger partial charge < -0.3 is 5.11 Å². The van der Waals surface area contributed by atoms with Crippen molar-refractivity contribution in [2.24, 2.45) is 0 Å². The van der Waals surface area contributed by atoms with Crippen LogP contribution in [0.15, 0.2) is 54.3 Å². The summed E-state index contributed by atoms with van der Waals surface area (Å²) in [7, 11) is 0. The van der Waals surface area contributed by atoms with Crippen LogP contribution in [-0.2, 0) is 24.9 Å². The van der Waals surface area contributed by atoms with Crippen LogP contribution in [0.3, 0.4) is 0 Å². The number of pyridine rings is 1. The molecule has 2 aromatic carbocycles. The van der Waals surface area contributed by atoms with Crippen molar-refractivity contribution in [2.45, 2.75) is 34.6 Å². The zero-order valence-electron chi connectivity index (χ0n) is 16.3. The summed E-state index contributed by atoms with van der Waals surface area (Å²) in [5.74, 6) is -0.0625. The number of carbonyl (C=O) groups excluding carboxylic acids is 1. The van der Waals surface area contributed by atoms with E-state index in [0.29, 0.717) is 0 Å². The monoisotopic (exact) mass is 539 g/mol. The van der Waals surface area contributed by atoms with Crippen LogP contribution in [0.2, 0.25) is 0 Å². The van der Waals surface area contributed by atoms with Crippen molar-refractivity contribution in [3.05, 3.63) is 77.1 Å². The average Bonchev–Trinajstić information content (AvgIpc) is 2.56. The summed E-state index contributed by atoms with van der Waals surface area (Å²) < 4.78 is 0. The molecule has 0 aliphatic rings. The van der Waals surface area contributed by atoms with Crippen LogP contribution in [0.5, 0.6) is 0 Å². The molecule has 0 saturated heterocycles. The van der Waals surface area contributed by atoms with Crippen molar-refractivity contribution in [3.8, 4) is 11.3 Å². The Kier molecular flexibility index (Phi) is 8.55. The zero-order valence-corrected chi connectivity index (χ0v) is 18.6. The number of carbonyl (C=O) groups is 1. The molecule has 1 radical (unpaired) electrons. The van der Waals surface area contributed by atoms with Gasteiger partial charge in [-0.25, -0.2) is 0 Å². The van der Waals surface area contributed by atoms with E-state index in [1.165, 1.54) is 42.0 Å². The number of ketones is 1. The summed E-state index contributed by atoms with van der Waals surface area (Å²) in [5.41, 5.74) is 6.87. The van der Waals surface area contributed by atoms with E-state index in [-0.39, 0.29) is 31.6 Å². The number of hydrogen-bond acceptors (Lipinski definition) is 3. The van der Waals surface area contributed by atoms with Crippen molar-refractivity contribution >= 4 is 16.7 Å². The van der Waals surface area contributed by atoms with Crippen molar-refractivity contribution < 1.29 is 30.0 Å². The number of aliphatic hydroxyl groups is 1. The second-order valence-electron chi connectivity index (χ2n) is 6.50. The number of aromatic nitrogens is 1. The molecule has 0 amide bonds. The third-order valence-electron chi connectivity index (χ3n) is 3.96. The van der Waals surface area contributed by atoms with E-state index in [9.17, 15) is 4.79 Å². The van der Waals surface area contributed by atoms with Crippen molar-refractivity contribution in [3.63, 3.8) is 0 Å². The Morgan fingerprint density at radius 2 is 1.70 bits per heavy atom. The van der Waals surface area contributed by atoms with Gasteiger partial charge in [0, 0.05) is 26.2 Å². The molecule has 0 aliphatic carbocycles. The van der Waals surface area contributed by atoms with Crippen LogP contribution in [0.4, 0.5) is 0 Å². The molecule has 0 bridgehead atoms. The van der Waals surface area contributed by atoms with Gasteiger partial charge in [-0.05, 0) is 43.5 Å². The van der Waals surface area contributed by atoms with Gasteiger partial charge in [0.1, 0.15) is 0 Å². The fourth-order valence-corrected chi connectivity index (χ4v) is 2.49. The predicted octanol–water partition coefficient (Wildman–Crippen LogP) is 5.66. The van der Waals surface area contributed by atoms with Gasteiger partial charge in [0.2, 0.25) is 0 Å². The molecular weight excluding hydrogens is 514 g/mol. The van der Waals surface area contributed by atoms with E-state index in [4.69, 9.17) is 10.1 Å². The first-order valence-corrected chi connectivity index (χ1v) is 8.51. The Balaban J connectivity index is 0.000000395. The maximum atomic E-state index is 10.0. The van der Waals surface area contributed by atoms with Crippen LogP contribution in [0, 0.1) is 26.8 Å². The summed E-state index contributed by atoms with van der Waals surface area (Å²) in [4.78, 5) is 14.8. The van der Waals surface area contributed by atoms with E-state index in [1.807, 2.05) is 6.07 Å². The number of allylic oxidation sites excluding steroid dienone is 2. The second kappa shape index (κ2) is 10.1. The molecule has 3 rings (SSSR count). The average molecular weight is 539 g/mol. The largest absolute Gasteiger partial charge is 0.512 e. The van der Waals surface area contributed by atoms with Crippen LogP contribution in [0.25, 0.3) is 22.2 Å². The smallest absolute Gasteiger partial charge is 0.155 e. The molecule has 0 atom stereocenters. The van der Waals surface area contributed by atoms with Gasteiger partial charge in [0.15, 0.2) is 5.78 Å². The summed E-state index contributed by atoms with van der Waals surface area (Å²) in [6.07, 6.45) is 1.17. The molecule has 1 aromatic heterocycles. The maximum absolute atomic E-state index is 10.0. The number of aliphatic hydroxyl groups excluding tert-OH is 1. The molecule has 3 nitrogen and oxygen atoms in total. The fraction of sp³-hybridized carbons (Fsp3) is 0.217. The van der Waals surface area contributed by atoms with E-state index in [2.05, 4.69) is 63.2 Å². The van der Waals surface area contributed by atoms with Gasteiger partial charge in [-0.15, -0.1) is 34.9 Å². The molecule has 3 aromatic rings. The Labute approximate surface area is 174 Å². The number of hydrogen-bond donors (Lipinski definition) is 1. The van der Waals surface area contributed by atoms with E-state index >= 15 is 0 Å². The van der Waals surface area contributed by atoms with E-state index < -0.39 is 0 Å². The Morgan fingerprint density at radius 1 is 1.04 bits per heavy atom. The van der Waals surface area contributed by atoms with Gasteiger partial charge in [0.25, 0.3) is 0 Å². The topological polar surface area (TPSA) is 50.2 Å². The SMILES string of the molecule is CC(=O)/C=C(/C)O.Cc1ccc2ccc(-c3[c-]cc(C)c(C)c3)nc2c1.[Ir]. The molecule has 1 heterocycles. The number of fused-ring (bicyclic) bond motifs is 1. The van der Waals surface area contributed by atoms with Crippen molar-refractivity contribution in [1.82, 2.24) is 4.98 Å². The van der Waals surface area contributed by atoms with E-state index in [1.54, 1.807) is 0 Å². The molecule has 0 fully saturated rings. The quantitative estimate of drug-likeness (QED) is 0.260.